The molecule has 1 saturated carbocycles. The number of anilines is 1. The molecule has 1 aromatic heterocycles. The van der Waals surface area contributed by atoms with E-state index in [2.05, 4.69) is 61.4 Å². The van der Waals surface area contributed by atoms with Crippen LogP contribution >= 0.6 is 0 Å². The molecule has 7 rings (SSSR count). The first kappa shape index (κ1) is 34.6. The molecule has 0 aliphatic heterocycles. The van der Waals surface area contributed by atoms with E-state index in [1.165, 1.54) is 24.0 Å². The van der Waals surface area contributed by atoms with Crippen LogP contribution in [-0.4, -0.2) is 35.4 Å². The van der Waals surface area contributed by atoms with Gasteiger partial charge in [-0.05, 0) is 101 Å². The van der Waals surface area contributed by atoms with Crippen LogP contribution in [-0.2, 0) is 21.3 Å². The number of oxazole rings is 1. The van der Waals surface area contributed by atoms with Gasteiger partial charge >= 0.3 is 0 Å². The Balaban J connectivity index is 1.11. The van der Waals surface area contributed by atoms with E-state index in [0.29, 0.717) is 35.1 Å². The zero-order valence-corrected chi connectivity index (χ0v) is 29.9. The lowest BCUT2D eigenvalue weighted by Gasteiger charge is -2.37. The van der Waals surface area contributed by atoms with Crippen LogP contribution < -0.4 is 5.32 Å². The largest absolute Gasteiger partial charge is 0.436 e. The molecule has 1 fully saturated rings. The van der Waals surface area contributed by atoms with Crippen LogP contribution in [0.3, 0.4) is 0 Å². The number of allylic oxidation sites excluding steroid dienone is 2. The van der Waals surface area contributed by atoms with Crippen molar-refractivity contribution in [2.75, 3.05) is 11.1 Å². The summed E-state index contributed by atoms with van der Waals surface area (Å²) in [5.41, 5.74) is 8.08. The molecule has 4 aromatic carbocycles. The highest BCUT2D eigenvalue weighted by Gasteiger charge is 2.57. The van der Waals surface area contributed by atoms with Gasteiger partial charge in [0.15, 0.2) is 11.4 Å². The molecule has 1 amide bonds. The molecule has 1 heterocycles. The Morgan fingerprint density at radius 3 is 2.24 bits per heavy atom. The fourth-order valence-electron chi connectivity index (χ4n) is 7.91. The molecule has 51 heavy (non-hydrogen) atoms. The van der Waals surface area contributed by atoms with Crippen LogP contribution in [0, 0.1) is 16.7 Å². The van der Waals surface area contributed by atoms with Crippen LogP contribution in [0.2, 0.25) is 0 Å². The molecule has 8 nitrogen and oxygen atoms in total. The summed E-state index contributed by atoms with van der Waals surface area (Å²) in [7, 11) is -4.12. The third kappa shape index (κ3) is 6.93. The van der Waals surface area contributed by atoms with Crippen molar-refractivity contribution < 1.29 is 27.0 Å². The van der Waals surface area contributed by atoms with Crippen molar-refractivity contribution in [1.29, 1.82) is 0 Å². The third-order valence-corrected chi connectivity index (χ3v) is 12.2. The predicted octanol–water partition coefficient (Wildman–Crippen LogP) is 9.15. The second-order valence-corrected chi connectivity index (χ2v) is 16.3. The molecular weight excluding hydrogens is 661 g/mol. The van der Waals surface area contributed by atoms with Gasteiger partial charge in [0.2, 0.25) is 11.8 Å². The molecule has 2 aliphatic rings. The van der Waals surface area contributed by atoms with E-state index < -0.39 is 21.8 Å². The summed E-state index contributed by atoms with van der Waals surface area (Å²) in [6.45, 7) is 7.14. The van der Waals surface area contributed by atoms with Crippen LogP contribution in [0.5, 0.6) is 0 Å². The van der Waals surface area contributed by atoms with Gasteiger partial charge in [0.25, 0.3) is 10.1 Å². The van der Waals surface area contributed by atoms with Gasteiger partial charge < -0.3 is 9.73 Å². The first-order chi connectivity index (χ1) is 24.3. The van der Waals surface area contributed by atoms with Crippen molar-refractivity contribution in [3.8, 4) is 11.5 Å². The van der Waals surface area contributed by atoms with E-state index in [0.717, 1.165) is 22.2 Å². The second-order valence-electron chi connectivity index (χ2n) is 14.7. The van der Waals surface area contributed by atoms with Crippen LogP contribution in [0.25, 0.3) is 28.1 Å². The van der Waals surface area contributed by atoms with E-state index >= 15 is 0 Å². The van der Waals surface area contributed by atoms with Crippen molar-refractivity contribution in [1.82, 2.24) is 4.98 Å². The van der Waals surface area contributed by atoms with Crippen molar-refractivity contribution in [3.05, 3.63) is 125 Å². The summed E-state index contributed by atoms with van der Waals surface area (Å²) < 4.78 is 37.0. The van der Waals surface area contributed by atoms with Crippen molar-refractivity contribution in [3.63, 3.8) is 0 Å². The number of amides is 1. The Labute approximate surface area is 298 Å². The number of hydrogen-bond donors (Lipinski definition) is 2. The van der Waals surface area contributed by atoms with Crippen molar-refractivity contribution in [2.45, 2.75) is 58.8 Å². The van der Waals surface area contributed by atoms with Gasteiger partial charge in [-0.3, -0.25) is 14.1 Å². The lowest BCUT2D eigenvalue weighted by Crippen LogP contribution is -2.29. The minimum absolute atomic E-state index is 0.00905. The fourth-order valence-corrected chi connectivity index (χ4v) is 8.42. The van der Waals surface area contributed by atoms with Gasteiger partial charge in [0.1, 0.15) is 5.52 Å². The maximum atomic E-state index is 14.1. The molecule has 2 N–H and O–H groups in total. The molecule has 262 valence electrons. The zero-order chi connectivity index (χ0) is 36.0. The number of hydrogen-bond acceptors (Lipinski definition) is 6. The lowest BCUT2D eigenvalue weighted by molar-refractivity contribution is -0.117. The maximum absolute atomic E-state index is 14.1. The van der Waals surface area contributed by atoms with Gasteiger partial charge in [-0.25, -0.2) is 4.98 Å². The van der Waals surface area contributed by atoms with E-state index in [1.54, 1.807) is 12.1 Å². The molecule has 2 bridgehead atoms. The number of benzene rings is 4. The third-order valence-electron chi connectivity index (χ3n) is 11.4. The van der Waals surface area contributed by atoms with Gasteiger partial charge in [-0.1, -0.05) is 87.5 Å². The highest BCUT2D eigenvalue weighted by molar-refractivity contribution is 7.85. The van der Waals surface area contributed by atoms with E-state index in [1.807, 2.05) is 60.7 Å². The molecule has 3 atom stereocenters. The number of para-hydroxylation sites is 2. The molecule has 0 radical (unpaired) electrons. The molecule has 9 heteroatoms. The van der Waals surface area contributed by atoms with Gasteiger partial charge in [-0.2, -0.15) is 8.42 Å². The number of carbonyl (C=O) groups is 2. The number of fused-ring (bicyclic) bond motifs is 3. The first-order valence-corrected chi connectivity index (χ1v) is 19.1. The predicted molar refractivity (Wildman–Crippen MR) is 200 cm³/mol. The van der Waals surface area contributed by atoms with Crippen LogP contribution in [0.15, 0.2) is 108 Å². The van der Waals surface area contributed by atoms with E-state index in [4.69, 9.17) is 8.97 Å². The Morgan fingerprint density at radius 1 is 0.922 bits per heavy atom. The number of carbonyl (C=O) groups excluding carboxylic acids is 2. The summed E-state index contributed by atoms with van der Waals surface area (Å²) in [6.07, 6.45) is 5.31. The fraction of sp³-hybridized carbons (Fsp3) is 0.310. The van der Waals surface area contributed by atoms with E-state index in [-0.39, 0.29) is 35.4 Å². The average Bonchev–Trinajstić information content (AvgIpc) is 3.70. The Bertz CT molecular complexity index is 2200. The molecule has 1 unspecified atom stereocenters. The number of nitrogens with zero attached hydrogens (tertiary/aromatic N) is 1. The minimum Gasteiger partial charge on any atom is -0.436 e. The Hall–Kier alpha value is -4.86. The number of nitrogens with one attached hydrogen (secondary N) is 1. The molecular formula is C42H42N2O6S. The number of rotatable bonds is 12. The highest BCUT2D eigenvalue weighted by atomic mass is 32.2. The summed E-state index contributed by atoms with van der Waals surface area (Å²) in [5.74, 6) is -0.260. The monoisotopic (exact) mass is 702 g/mol. The number of ketones is 1. The minimum atomic E-state index is -4.12. The maximum Gasteiger partial charge on any atom is 0.264 e. The van der Waals surface area contributed by atoms with Crippen molar-refractivity contribution in [2.24, 2.45) is 16.7 Å². The quantitative estimate of drug-likeness (QED) is 0.0981. The lowest BCUT2D eigenvalue weighted by atomic mass is 9.66. The Kier molecular flexibility index (Phi) is 9.06. The molecule has 0 saturated heterocycles. The summed E-state index contributed by atoms with van der Waals surface area (Å²) in [5, 5.41) is 3.11. The highest BCUT2D eigenvalue weighted by Crippen LogP contribution is 2.67. The topological polar surface area (TPSA) is 127 Å². The second kappa shape index (κ2) is 13.4. The summed E-state index contributed by atoms with van der Waals surface area (Å²) >= 11 is 0. The van der Waals surface area contributed by atoms with Gasteiger partial charge in [0, 0.05) is 23.2 Å². The zero-order valence-electron chi connectivity index (χ0n) is 29.1. The average molecular weight is 703 g/mol. The smallest absolute Gasteiger partial charge is 0.264 e. The van der Waals surface area contributed by atoms with E-state index in [9.17, 15) is 18.0 Å². The summed E-state index contributed by atoms with van der Waals surface area (Å²) in [4.78, 5) is 31.3. The SMILES string of the molecule is CC1(C)[C@H]2C=C(c3ccc(C(Cc4ccc(C(=O)CCCS(=O)(=O)O)cc4)C(=O)Nc4ccc(-c5nc6ccccc6o5)cc4)cc3)[C@]1(C)CC2. The molecule has 5 aromatic rings. The standard InChI is InChI=1S/C42H42N2O6S/c1-41(2)32-22-23-42(41,3)35(26-32)29-16-14-28(15-17-29)34(25-27-10-12-30(13-11-27)37(45)8-6-24-51(47,48)49)39(46)43-33-20-18-31(19-21-33)40-44-36-7-4-5-9-38(36)50-40/h4-5,7,9-21,26,32,34H,6,8,22-25H2,1-3H3,(H,43,46)(H,47,48,49)/t32-,34?,42+/m1/s1. The normalized spacial score (nSPS) is 19.9. The number of aromatic nitrogens is 1. The number of Topliss-reactive ketones (excluding diaryl/α,β-unsaturated/α-hetero) is 1. The molecule has 0 spiro atoms. The van der Waals surface area contributed by atoms with Crippen LogP contribution in [0.1, 0.15) is 79.4 Å². The van der Waals surface area contributed by atoms with Gasteiger partial charge in [-0.15, -0.1) is 0 Å². The van der Waals surface area contributed by atoms with Crippen molar-refractivity contribution >= 4 is 44.2 Å². The van der Waals surface area contributed by atoms with Gasteiger partial charge in [0.05, 0.1) is 11.7 Å². The first-order valence-electron chi connectivity index (χ1n) is 17.5. The Morgan fingerprint density at radius 2 is 1.61 bits per heavy atom. The molecule has 2 aliphatic carbocycles. The van der Waals surface area contributed by atoms with Crippen LogP contribution in [0.4, 0.5) is 5.69 Å². The summed E-state index contributed by atoms with van der Waals surface area (Å²) in [6, 6.07) is 30.5.